The molecule has 0 aliphatic carbocycles. The number of benzene rings is 2. The van der Waals surface area contributed by atoms with E-state index in [0.717, 1.165) is 17.0 Å². The fraction of sp³-hybridized carbons (Fsp3) is 0.0400. The predicted molar refractivity (Wildman–Crippen MR) is 132 cm³/mol. The van der Waals surface area contributed by atoms with Crippen molar-refractivity contribution >= 4 is 45.7 Å². The first-order valence-corrected chi connectivity index (χ1v) is 10.6. The highest BCUT2D eigenvalue weighted by atomic mass is 19.1. The van der Waals surface area contributed by atoms with Crippen LogP contribution in [-0.2, 0) is 11.8 Å². The van der Waals surface area contributed by atoms with Crippen molar-refractivity contribution in [3.63, 3.8) is 0 Å². The lowest BCUT2D eigenvalue weighted by atomic mass is 10.1. The molecule has 0 unspecified atom stereocenters. The van der Waals surface area contributed by atoms with E-state index in [1.165, 1.54) is 18.2 Å². The molecular weight excluding hydrogens is 449 g/mol. The average molecular weight is 469 g/mol. The first-order chi connectivity index (χ1) is 17.0. The van der Waals surface area contributed by atoms with E-state index in [-0.39, 0.29) is 5.69 Å². The van der Waals surface area contributed by atoms with Gasteiger partial charge in [-0.2, -0.15) is 10.1 Å². The Morgan fingerprint density at radius 2 is 2.00 bits per heavy atom. The number of furan rings is 1. The molecule has 0 aliphatic heterocycles. The third-order valence-electron chi connectivity index (χ3n) is 5.19. The van der Waals surface area contributed by atoms with Gasteiger partial charge in [0, 0.05) is 36.1 Å². The van der Waals surface area contributed by atoms with Crippen LogP contribution in [0.25, 0.3) is 22.1 Å². The lowest BCUT2D eigenvalue weighted by molar-refractivity contribution is -0.111. The van der Waals surface area contributed by atoms with Gasteiger partial charge in [0.2, 0.25) is 11.9 Å². The SMILES string of the molecule is C=CC(=O)Nc1ccc(F)c(Nc2nc(Nc3cnn(C)c3)ncc2-c2ccc3ccoc3c2)c1. The topological polar surface area (TPSA) is 110 Å². The highest BCUT2D eigenvalue weighted by Crippen LogP contribution is 2.33. The average Bonchev–Trinajstić information content (AvgIpc) is 3.49. The van der Waals surface area contributed by atoms with Gasteiger partial charge in [0.05, 0.1) is 23.8 Å². The van der Waals surface area contributed by atoms with Crippen LogP contribution in [0.5, 0.6) is 0 Å². The quantitative estimate of drug-likeness (QED) is 0.275. The summed E-state index contributed by atoms with van der Waals surface area (Å²) in [6.07, 6.45) is 7.81. The van der Waals surface area contributed by atoms with E-state index in [1.807, 2.05) is 24.3 Å². The molecule has 3 N–H and O–H groups in total. The summed E-state index contributed by atoms with van der Waals surface area (Å²) in [5.41, 5.74) is 3.33. The largest absolute Gasteiger partial charge is 0.464 e. The molecule has 1 amide bonds. The van der Waals surface area contributed by atoms with Crippen LogP contribution >= 0.6 is 0 Å². The molecule has 5 aromatic rings. The molecule has 2 aromatic carbocycles. The minimum Gasteiger partial charge on any atom is -0.464 e. The summed E-state index contributed by atoms with van der Waals surface area (Å²) < 4.78 is 21.9. The third kappa shape index (κ3) is 4.71. The van der Waals surface area contributed by atoms with Crippen molar-refractivity contribution in [1.82, 2.24) is 19.7 Å². The zero-order valence-corrected chi connectivity index (χ0v) is 18.6. The summed E-state index contributed by atoms with van der Waals surface area (Å²) >= 11 is 0. The van der Waals surface area contributed by atoms with Crippen LogP contribution in [0.1, 0.15) is 0 Å². The predicted octanol–water partition coefficient (Wildman–Crippen LogP) is 5.37. The van der Waals surface area contributed by atoms with E-state index in [1.54, 1.807) is 36.6 Å². The Morgan fingerprint density at radius 1 is 1.11 bits per heavy atom. The molecule has 0 saturated carbocycles. The summed E-state index contributed by atoms with van der Waals surface area (Å²) in [5, 5.41) is 13.8. The van der Waals surface area contributed by atoms with Crippen LogP contribution in [0.15, 0.2) is 84.4 Å². The normalized spacial score (nSPS) is 10.8. The lowest BCUT2D eigenvalue weighted by Gasteiger charge is -2.14. The molecule has 0 saturated heterocycles. The number of aryl methyl sites for hydroxylation is 1. The zero-order valence-electron chi connectivity index (χ0n) is 18.6. The van der Waals surface area contributed by atoms with Crippen molar-refractivity contribution in [3.8, 4) is 11.1 Å². The van der Waals surface area contributed by atoms with Gasteiger partial charge in [0.15, 0.2) is 0 Å². The number of rotatable bonds is 7. The monoisotopic (exact) mass is 469 g/mol. The van der Waals surface area contributed by atoms with Gasteiger partial charge in [0.1, 0.15) is 17.2 Å². The standard InChI is InChI=1S/C25H20FN7O2/c1-3-23(34)29-17-6-7-20(26)21(11-17)31-24-19(16-5-4-15-8-9-35-22(15)10-16)13-27-25(32-24)30-18-12-28-33(2)14-18/h3-14H,1H2,2H3,(H,29,34)(H2,27,30,31,32). The number of hydrogen-bond acceptors (Lipinski definition) is 7. The molecule has 10 heteroatoms. The van der Waals surface area contributed by atoms with Crippen LogP contribution in [0.2, 0.25) is 0 Å². The molecule has 0 fully saturated rings. The third-order valence-corrected chi connectivity index (χ3v) is 5.19. The summed E-state index contributed by atoms with van der Waals surface area (Å²) in [4.78, 5) is 20.7. The number of anilines is 5. The second kappa shape index (κ2) is 9.10. The number of hydrogen-bond donors (Lipinski definition) is 3. The van der Waals surface area contributed by atoms with Crippen molar-refractivity contribution in [2.75, 3.05) is 16.0 Å². The number of aromatic nitrogens is 4. The van der Waals surface area contributed by atoms with E-state index in [4.69, 9.17) is 4.42 Å². The van der Waals surface area contributed by atoms with Crippen LogP contribution in [0, 0.1) is 5.82 Å². The Balaban J connectivity index is 1.56. The second-order valence-electron chi connectivity index (χ2n) is 7.67. The van der Waals surface area contributed by atoms with Gasteiger partial charge in [-0.15, -0.1) is 0 Å². The molecule has 0 spiro atoms. The summed E-state index contributed by atoms with van der Waals surface area (Å²) in [7, 11) is 1.80. The highest BCUT2D eigenvalue weighted by Gasteiger charge is 2.15. The summed E-state index contributed by atoms with van der Waals surface area (Å²) in [6.45, 7) is 3.43. The van der Waals surface area contributed by atoms with Gasteiger partial charge < -0.3 is 20.4 Å². The van der Waals surface area contributed by atoms with Crippen molar-refractivity contribution in [2.45, 2.75) is 0 Å². The minimum atomic E-state index is -0.519. The number of carbonyl (C=O) groups excluding carboxylic acids is 1. The molecule has 0 bridgehead atoms. The molecule has 35 heavy (non-hydrogen) atoms. The van der Waals surface area contributed by atoms with Crippen molar-refractivity contribution in [3.05, 3.63) is 85.8 Å². The first kappa shape index (κ1) is 21.8. The number of fused-ring (bicyclic) bond motifs is 1. The van der Waals surface area contributed by atoms with Gasteiger partial charge in [0.25, 0.3) is 0 Å². The molecule has 3 heterocycles. The van der Waals surface area contributed by atoms with E-state index >= 15 is 0 Å². The zero-order chi connectivity index (χ0) is 24.4. The molecule has 0 atom stereocenters. The van der Waals surface area contributed by atoms with Crippen LogP contribution in [0.4, 0.5) is 33.2 Å². The maximum atomic E-state index is 14.7. The lowest BCUT2D eigenvalue weighted by Crippen LogP contribution is -2.08. The van der Waals surface area contributed by atoms with Crippen molar-refractivity contribution in [1.29, 1.82) is 0 Å². The number of nitrogens with zero attached hydrogens (tertiary/aromatic N) is 4. The Labute approximate surface area is 199 Å². The molecule has 174 valence electrons. The molecule has 0 aliphatic rings. The molecular formula is C25H20FN7O2. The van der Waals surface area contributed by atoms with Crippen molar-refractivity contribution < 1.29 is 13.6 Å². The Morgan fingerprint density at radius 3 is 2.80 bits per heavy atom. The smallest absolute Gasteiger partial charge is 0.247 e. The second-order valence-corrected chi connectivity index (χ2v) is 7.67. The van der Waals surface area contributed by atoms with Gasteiger partial charge >= 0.3 is 0 Å². The van der Waals surface area contributed by atoms with E-state index in [2.05, 4.69) is 37.6 Å². The van der Waals surface area contributed by atoms with Crippen molar-refractivity contribution in [2.24, 2.45) is 7.05 Å². The number of amides is 1. The maximum Gasteiger partial charge on any atom is 0.247 e. The van der Waals surface area contributed by atoms with Gasteiger partial charge in [-0.25, -0.2) is 9.37 Å². The molecule has 3 aromatic heterocycles. The first-order valence-electron chi connectivity index (χ1n) is 10.6. The van der Waals surface area contributed by atoms with Crippen LogP contribution in [0.3, 0.4) is 0 Å². The molecule has 5 rings (SSSR count). The maximum absolute atomic E-state index is 14.7. The van der Waals surface area contributed by atoms with E-state index in [0.29, 0.717) is 34.3 Å². The summed E-state index contributed by atoms with van der Waals surface area (Å²) in [6, 6.07) is 11.8. The number of halogens is 1. The fourth-order valence-corrected chi connectivity index (χ4v) is 3.51. The molecule has 9 nitrogen and oxygen atoms in total. The number of nitrogens with one attached hydrogen (secondary N) is 3. The number of carbonyl (C=O) groups is 1. The van der Waals surface area contributed by atoms with E-state index in [9.17, 15) is 9.18 Å². The van der Waals surface area contributed by atoms with E-state index < -0.39 is 11.7 Å². The Kier molecular flexibility index (Phi) is 5.68. The molecule has 0 radical (unpaired) electrons. The summed E-state index contributed by atoms with van der Waals surface area (Å²) in [5.74, 6) is -0.280. The Hall–Kier alpha value is -4.99. The Bertz CT molecular complexity index is 1560. The van der Waals surface area contributed by atoms with Gasteiger partial charge in [-0.3, -0.25) is 9.48 Å². The highest BCUT2D eigenvalue weighted by molar-refractivity contribution is 5.99. The van der Waals surface area contributed by atoms with Gasteiger partial charge in [-0.05, 0) is 42.0 Å². The van der Waals surface area contributed by atoms with Crippen LogP contribution in [-0.4, -0.2) is 25.7 Å². The minimum absolute atomic E-state index is 0.123. The van der Waals surface area contributed by atoms with Crippen LogP contribution < -0.4 is 16.0 Å². The van der Waals surface area contributed by atoms with Gasteiger partial charge in [-0.1, -0.05) is 18.7 Å². The fourth-order valence-electron chi connectivity index (χ4n) is 3.51.